The predicted octanol–water partition coefficient (Wildman–Crippen LogP) is 5.71. The number of hydrogen-bond acceptors (Lipinski definition) is 5. The van der Waals surface area contributed by atoms with Crippen molar-refractivity contribution in [1.29, 1.82) is 0 Å². The number of nitrogens with one attached hydrogen (secondary N) is 1. The Hall–Kier alpha value is -2.25. The molecule has 1 unspecified atom stereocenters. The SMILES string of the molecule is C=CC1=C(C)C2(CCN(C(=O)C(COCc3ccccc3)NC(=O)C3CCCCCCC3)CC2)CN1SC. The van der Waals surface area contributed by atoms with Crippen LogP contribution in [0, 0.1) is 11.3 Å². The Labute approximate surface area is 233 Å². The molecule has 1 aromatic carbocycles. The largest absolute Gasteiger partial charge is 0.374 e. The summed E-state index contributed by atoms with van der Waals surface area (Å²) in [4.78, 5) is 29.1. The number of likely N-dealkylation sites (tertiary alicyclic amines) is 1. The first-order valence-corrected chi connectivity index (χ1v) is 15.5. The van der Waals surface area contributed by atoms with Crippen molar-refractivity contribution in [3.8, 4) is 0 Å². The molecule has 1 aliphatic carbocycles. The van der Waals surface area contributed by atoms with Gasteiger partial charge >= 0.3 is 0 Å². The fourth-order valence-electron chi connectivity index (χ4n) is 6.32. The average molecular weight is 540 g/mol. The molecule has 1 N–H and O–H groups in total. The Morgan fingerprint density at radius 3 is 2.39 bits per heavy atom. The minimum absolute atomic E-state index is 0.00882. The normalized spacial score (nSPS) is 21.2. The zero-order valence-corrected chi connectivity index (χ0v) is 24.1. The fourth-order valence-corrected chi connectivity index (χ4v) is 7.10. The van der Waals surface area contributed by atoms with Gasteiger partial charge in [0.05, 0.1) is 13.2 Å². The van der Waals surface area contributed by atoms with Gasteiger partial charge < -0.3 is 19.3 Å². The molecule has 2 aliphatic heterocycles. The van der Waals surface area contributed by atoms with E-state index in [9.17, 15) is 9.59 Å². The first-order valence-electron chi connectivity index (χ1n) is 14.3. The van der Waals surface area contributed by atoms with E-state index < -0.39 is 6.04 Å². The van der Waals surface area contributed by atoms with Crippen molar-refractivity contribution >= 4 is 23.8 Å². The minimum Gasteiger partial charge on any atom is -0.374 e. The van der Waals surface area contributed by atoms with E-state index in [1.807, 2.05) is 41.3 Å². The maximum atomic E-state index is 13.8. The molecular weight excluding hydrogens is 494 g/mol. The number of carbonyl (C=O) groups is 2. The van der Waals surface area contributed by atoms with E-state index in [1.165, 1.54) is 30.5 Å². The molecule has 2 heterocycles. The number of ether oxygens (including phenoxy) is 1. The van der Waals surface area contributed by atoms with Gasteiger partial charge in [-0.2, -0.15) is 0 Å². The third-order valence-electron chi connectivity index (χ3n) is 8.83. The van der Waals surface area contributed by atoms with Gasteiger partial charge in [-0.05, 0) is 49.8 Å². The number of hydrogen-bond donors (Lipinski definition) is 1. The summed E-state index contributed by atoms with van der Waals surface area (Å²) in [6.07, 6.45) is 13.5. The highest BCUT2D eigenvalue weighted by atomic mass is 32.2. The van der Waals surface area contributed by atoms with Crippen molar-refractivity contribution in [3.05, 3.63) is 59.8 Å². The van der Waals surface area contributed by atoms with Gasteiger partial charge in [-0.25, -0.2) is 0 Å². The number of allylic oxidation sites excluding steroid dienone is 1. The number of nitrogens with zero attached hydrogens (tertiary/aromatic N) is 2. The molecule has 3 aliphatic rings. The highest BCUT2D eigenvalue weighted by Crippen LogP contribution is 2.48. The molecule has 38 heavy (non-hydrogen) atoms. The third-order valence-corrected chi connectivity index (χ3v) is 9.59. The number of rotatable bonds is 9. The summed E-state index contributed by atoms with van der Waals surface area (Å²) < 4.78 is 8.33. The lowest BCUT2D eigenvalue weighted by molar-refractivity contribution is -0.141. The average Bonchev–Trinajstić information content (AvgIpc) is 3.18. The Bertz CT molecular complexity index is 979. The summed E-state index contributed by atoms with van der Waals surface area (Å²) in [6.45, 7) is 9.21. The van der Waals surface area contributed by atoms with Crippen LogP contribution in [0.4, 0.5) is 0 Å². The van der Waals surface area contributed by atoms with Crippen LogP contribution in [0.1, 0.15) is 70.3 Å². The van der Waals surface area contributed by atoms with E-state index in [0.717, 1.165) is 50.6 Å². The van der Waals surface area contributed by atoms with Gasteiger partial charge in [-0.3, -0.25) is 9.59 Å². The highest BCUT2D eigenvalue weighted by molar-refractivity contribution is 7.96. The second-order valence-corrected chi connectivity index (χ2v) is 11.9. The maximum Gasteiger partial charge on any atom is 0.247 e. The molecular formula is C31H45N3O3S. The standard InChI is InChI=1S/C31H45N3O3S/c1-4-28-24(2)31(23-34(28)38-3)17-19-33(20-18-31)30(36)27(22-37-21-25-13-9-8-10-14-25)32-29(35)26-15-11-6-5-7-12-16-26/h4,8-10,13-14,26-27H,1,5-7,11-12,15-23H2,2-3H3,(H,32,35). The number of carbonyl (C=O) groups excluding carboxylic acids is 2. The molecule has 7 heteroatoms. The molecule has 0 aromatic heterocycles. The van der Waals surface area contributed by atoms with Gasteiger partial charge in [0.25, 0.3) is 0 Å². The number of piperidine rings is 1. The van der Waals surface area contributed by atoms with Gasteiger partial charge in [0.2, 0.25) is 11.8 Å². The Morgan fingerprint density at radius 1 is 1.13 bits per heavy atom. The Kier molecular flexibility index (Phi) is 10.4. The lowest BCUT2D eigenvalue weighted by atomic mass is 9.74. The lowest BCUT2D eigenvalue weighted by Crippen LogP contribution is -2.55. The molecule has 2 amide bonds. The first-order chi connectivity index (χ1) is 18.5. The molecule has 1 saturated heterocycles. The predicted molar refractivity (Wildman–Crippen MR) is 155 cm³/mol. The van der Waals surface area contributed by atoms with Crippen LogP contribution >= 0.6 is 11.9 Å². The molecule has 1 saturated carbocycles. The summed E-state index contributed by atoms with van der Waals surface area (Å²) in [6, 6.07) is 9.32. The summed E-state index contributed by atoms with van der Waals surface area (Å²) in [7, 11) is 0. The van der Waals surface area contributed by atoms with E-state index in [2.05, 4.69) is 29.4 Å². The topological polar surface area (TPSA) is 61.9 Å². The Morgan fingerprint density at radius 2 is 1.79 bits per heavy atom. The molecule has 4 rings (SSSR count). The van der Waals surface area contributed by atoms with Crippen LogP contribution in [0.2, 0.25) is 0 Å². The molecule has 6 nitrogen and oxygen atoms in total. The van der Waals surface area contributed by atoms with Crippen molar-refractivity contribution in [2.24, 2.45) is 11.3 Å². The molecule has 0 bridgehead atoms. The first kappa shape index (κ1) is 28.8. The lowest BCUT2D eigenvalue weighted by Gasteiger charge is -2.41. The number of amides is 2. The van der Waals surface area contributed by atoms with E-state index in [0.29, 0.717) is 19.7 Å². The van der Waals surface area contributed by atoms with Crippen molar-refractivity contribution in [2.75, 3.05) is 32.5 Å². The van der Waals surface area contributed by atoms with Crippen molar-refractivity contribution in [3.63, 3.8) is 0 Å². The molecule has 1 aromatic rings. The van der Waals surface area contributed by atoms with Gasteiger partial charge in [-0.15, -0.1) is 0 Å². The van der Waals surface area contributed by atoms with Crippen LogP contribution in [0.15, 0.2) is 54.3 Å². The zero-order valence-electron chi connectivity index (χ0n) is 23.3. The maximum absolute atomic E-state index is 13.8. The van der Waals surface area contributed by atoms with E-state index in [-0.39, 0.29) is 29.8 Å². The van der Waals surface area contributed by atoms with Crippen molar-refractivity contribution < 1.29 is 14.3 Å². The zero-order chi connectivity index (χ0) is 27.0. The molecule has 208 valence electrons. The third kappa shape index (κ3) is 6.84. The summed E-state index contributed by atoms with van der Waals surface area (Å²) in [5.74, 6) is -0.00859. The highest BCUT2D eigenvalue weighted by Gasteiger charge is 2.45. The van der Waals surface area contributed by atoms with Gasteiger partial charge in [-0.1, -0.05) is 81.0 Å². The quantitative estimate of drug-likeness (QED) is 0.407. The van der Waals surface area contributed by atoms with Crippen LogP contribution < -0.4 is 5.32 Å². The number of benzene rings is 1. The van der Waals surface area contributed by atoms with Crippen molar-refractivity contribution in [1.82, 2.24) is 14.5 Å². The van der Waals surface area contributed by atoms with E-state index in [1.54, 1.807) is 11.9 Å². The minimum atomic E-state index is -0.655. The second kappa shape index (κ2) is 13.7. The summed E-state index contributed by atoms with van der Waals surface area (Å²) in [5.41, 5.74) is 3.75. The van der Waals surface area contributed by atoms with Crippen LogP contribution in [0.3, 0.4) is 0 Å². The van der Waals surface area contributed by atoms with Gasteiger partial charge in [0.15, 0.2) is 0 Å². The van der Waals surface area contributed by atoms with Crippen LogP contribution in [0.25, 0.3) is 0 Å². The second-order valence-electron chi connectivity index (χ2n) is 11.1. The van der Waals surface area contributed by atoms with Gasteiger partial charge in [0, 0.05) is 42.9 Å². The molecule has 0 radical (unpaired) electrons. The summed E-state index contributed by atoms with van der Waals surface area (Å²) >= 11 is 1.74. The smallest absolute Gasteiger partial charge is 0.247 e. The van der Waals surface area contributed by atoms with E-state index >= 15 is 0 Å². The van der Waals surface area contributed by atoms with Crippen LogP contribution in [0.5, 0.6) is 0 Å². The monoisotopic (exact) mass is 539 g/mol. The fraction of sp³-hybridized carbons (Fsp3) is 0.613. The van der Waals surface area contributed by atoms with Crippen molar-refractivity contribution in [2.45, 2.75) is 77.4 Å². The Balaban J connectivity index is 1.41. The van der Waals surface area contributed by atoms with Gasteiger partial charge in [0.1, 0.15) is 6.04 Å². The summed E-state index contributed by atoms with van der Waals surface area (Å²) in [5, 5.41) is 3.13. The molecule has 2 fully saturated rings. The van der Waals surface area contributed by atoms with Crippen LogP contribution in [-0.4, -0.2) is 59.6 Å². The molecule has 1 atom stereocenters. The molecule has 1 spiro atoms. The van der Waals surface area contributed by atoms with E-state index in [4.69, 9.17) is 4.74 Å². The van der Waals surface area contributed by atoms with Crippen LogP contribution in [-0.2, 0) is 20.9 Å².